The minimum atomic E-state index is -3.57. The van der Waals surface area contributed by atoms with Crippen molar-refractivity contribution in [3.05, 3.63) is 71.8 Å². The van der Waals surface area contributed by atoms with Gasteiger partial charge < -0.3 is 15.0 Å². The highest BCUT2D eigenvalue weighted by Crippen LogP contribution is 2.24. The van der Waals surface area contributed by atoms with Crippen molar-refractivity contribution in [2.45, 2.75) is 31.5 Å². The molecule has 2 aromatic rings. The monoisotopic (exact) mass is 473 g/mol. The highest BCUT2D eigenvalue weighted by atomic mass is 32.2. The Hall–Kier alpha value is -2.75. The second-order valence-corrected chi connectivity index (χ2v) is 10.3. The van der Waals surface area contributed by atoms with Gasteiger partial charge in [-0.2, -0.15) is 4.31 Å². The quantitative estimate of drug-likeness (QED) is 0.569. The molecular formula is C24H31N3O5S. The number of rotatable bonds is 10. The fraction of sp³-hybridized carbons (Fsp3) is 0.417. The lowest BCUT2D eigenvalue weighted by Crippen LogP contribution is -2.48. The average molecular weight is 474 g/mol. The van der Waals surface area contributed by atoms with E-state index in [-0.39, 0.29) is 25.1 Å². The zero-order valence-corrected chi connectivity index (χ0v) is 19.8. The molecule has 1 N–H and O–H groups in total. The van der Waals surface area contributed by atoms with E-state index in [9.17, 15) is 18.0 Å². The molecule has 1 aliphatic heterocycles. The number of hydrogen-bond donors (Lipinski definition) is 1. The van der Waals surface area contributed by atoms with E-state index in [4.69, 9.17) is 4.74 Å². The van der Waals surface area contributed by atoms with Gasteiger partial charge in [0.1, 0.15) is 6.04 Å². The second-order valence-electron chi connectivity index (χ2n) is 8.22. The zero-order chi connectivity index (χ0) is 23.8. The van der Waals surface area contributed by atoms with Crippen LogP contribution in [0.1, 0.15) is 30.0 Å². The maximum absolute atomic E-state index is 13.4. The summed E-state index contributed by atoms with van der Waals surface area (Å²) in [7, 11) is -2.22. The number of carbonyl (C=O) groups excluding carboxylic acids is 2. The standard InChI is InChI=1S/C24H31N3O5S/c1-26(33(2,30)31)18-22(28)27(17-19-10-5-3-6-11-19)23(20-12-7-4-8-13-20)24(29)25-16-21-14-9-15-32-21/h3-8,10-13,21,23H,9,14-18H2,1-2H3,(H,25,29)/t21-,23+/m0/s1. The van der Waals surface area contributed by atoms with Crippen LogP contribution in [0.4, 0.5) is 0 Å². The van der Waals surface area contributed by atoms with Crippen LogP contribution in [-0.2, 0) is 30.9 Å². The SMILES string of the molecule is CN(CC(=O)N(Cc1ccccc1)[C@@H](C(=O)NC[C@@H]1CCCO1)c1ccccc1)S(C)(=O)=O. The molecule has 0 unspecified atom stereocenters. The van der Waals surface area contributed by atoms with Crippen LogP contribution in [0.5, 0.6) is 0 Å². The Kier molecular flexibility index (Phi) is 8.60. The lowest BCUT2D eigenvalue weighted by atomic mass is 10.0. The van der Waals surface area contributed by atoms with Crippen molar-refractivity contribution in [2.24, 2.45) is 0 Å². The van der Waals surface area contributed by atoms with Crippen LogP contribution in [0.15, 0.2) is 60.7 Å². The van der Waals surface area contributed by atoms with Gasteiger partial charge in [-0.05, 0) is 24.0 Å². The summed E-state index contributed by atoms with van der Waals surface area (Å²) in [4.78, 5) is 28.3. The van der Waals surface area contributed by atoms with Crippen LogP contribution in [-0.4, -0.2) is 68.5 Å². The van der Waals surface area contributed by atoms with E-state index >= 15 is 0 Å². The first-order valence-corrected chi connectivity index (χ1v) is 12.8. The Morgan fingerprint density at radius 2 is 1.73 bits per heavy atom. The third kappa shape index (κ3) is 7.12. The number of likely N-dealkylation sites (N-methyl/N-ethyl adjacent to an activating group) is 1. The highest BCUT2D eigenvalue weighted by molar-refractivity contribution is 7.88. The number of nitrogens with zero attached hydrogens (tertiary/aromatic N) is 2. The van der Waals surface area contributed by atoms with Gasteiger partial charge in [-0.1, -0.05) is 60.7 Å². The minimum Gasteiger partial charge on any atom is -0.376 e. The van der Waals surface area contributed by atoms with E-state index < -0.39 is 22.0 Å². The van der Waals surface area contributed by atoms with Crippen molar-refractivity contribution >= 4 is 21.8 Å². The lowest BCUT2D eigenvalue weighted by molar-refractivity contribution is -0.141. The molecule has 0 radical (unpaired) electrons. The summed E-state index contributed by atoms with van der Waals surface area (Å²) in [6, 6.07) is 17.4. The number of hydrogen-bond acceptors (Lipinski definition) is 5. The molecule has 1 fully saturated rings. The molecule has 2 atom stereocenters. The van der Waals surface area contributed by atoms with Gasteiger partial charge in [0, 0.05) is 26.7 Å². The van der Waals surface area contributed by atoms with Crippen molar-refractivity contribution < 1.29 is 22.7 Å². The number of sulfonamides is 1. The molecule has 9 heteroatoms. The highest BCUT2D eigenvalue weighted by Gasteiger charge is 2.33. The van der Waals surface area contributed by atoms with Crippen LogP contribution in [0.3, 0.4) is 0 Å². The zero-order valence-electron chi connectivity index (χ0n) is 19.0. The molecule has 1 heterocycles. The Labute approximate surface area is 195 Å². The fourth-order valence-electron chi connectivity index (χ4n) is 3.73. The molecule has 0 saturated carbocycles. The van der Waals surface area contributed by atoms with Crippen molar-refractivity contribution in [3.63, 3.8) is 0 Å². The summed E-state index contributed by atoms with van der Waals surface area (Å²) in [6.07, 6.45) is 2.84. The topological polar surface area (TPSA) is 96.0 Å². The van der Waals surface area contributed by atoms with Gasteiger partial charge in [0.05, 0.1) is 18.9 Å². The van der Waals surface area contributed by atoms with Crippen molar-refractivity contribution in [1.29, 1.82) is 0 Å². The molecule has 3 rings (SSSR count). The maximum Gasteiger partial charge on any atom is 0.247 e. The van der Waals surface area contributed by atoms with Gasteiger partial charge in [0.25, 0.3) is 0 Å². The van der Waals surface area contributed by atoms with Crippen LogP contribution in [0.2, 0.25) is 0 Å². The van der Waals surface area contributed by atoms with E-state index in [1.54, 1.807) is 12.1 Å². The summed E-state index contributed by atoms with van der Waals surface area (Å²) in [5, 5.41) is 2.94. The Morgan fingerprint density at radius 3 is 2.30 bits per heavy atom. The summed E-state index contributed by atoms with van der Waals surface area (Å²) >= 11 is 0. The molecular weight excluding hydrogens is 442 g/mol. The Morgan fingerprint density at radius 1 is 1.09 bits per heavy atom. The molecule has 1 aliphatic rings. The number of amides is 2. The largest absolute Gasteiger partial charge is 0.376 e. The summed E-state index contributed by atoms with van der Waals surface area (Å²) in [5.41, 5.74) is 1.48. The molecule has 8 nitrogen and oxygen atoms in total. The summed E-state index contributed by atoms with van der Waals surface area (Å²) < 4.78 is 30.5. The second kappa shape index (κ2) is 11.4. The van der Waals surface area contributed by atoms with Gasteiger partial charge in [0.15, 0.2) is 0 Å². The predicted molar refractivity (Wildman–Crippen MR) is 126 cm³/mol. The van der Waals surface area contributed by atoms with Gasteiger partial charge in [-0.15, -0.1) is 0 Å². The Bertz CT molecular complexity index is 1020. The Balaban J connectivity index is 1.92. The first kappa shape index (κ1) is 24.9. The molecule has 0 aromatic heterocycles. The average Bonchev–Trinajstić information content (AvgIpc) is 3.32. The fourth-order valence-corrected chi connectivity index (χ4v) is 4.07. The number of carbonyl (C=O) groups is 2. The molecule has 33 heavy (non-hydrogen) atoms. The minimum absolute atomic E-state index is 0.0417. The van der Waals surface area contributed by atoms with E-state index in [0.717, 1.165) is 29.0 Å². The van der Waals surface area contributed by atoms with Gasteiger partial charge in [0.2, 0.25) is 21.8 Å². The van der Waals surface area contributed by atoms with Crippen LogP contribution >= 0.6 is 0 Å². The van der Waals surface area contributed by atoms with E-state index in [0.29, 0.717) is 18.7 Å². The van der Waals surface area contributed by atoms with E-state index in [1.807, 2.05) is 48.5 Å². The molecule has 2 aromatic carbocycles. The first-order chi connectivity index (χ1) is 15.8. The predicted octanol–water partition coefficient (Wildman–Crippen LogP) is 1.94. The third-order valence-electron chi connectivity index (χ3n) is 5.64. The first-order valence-electron chi connectivity index (χ1n) is 10.9. The molecule has 0 bridgehead atoms. The molecule has 1 saturated heterocycles. The van der Waals surface area contributed by atoms with Crippen molar-refractivity contribution in [3.8, 4) is 0 Å². The summed E-state index contributed by atoms with van der Waals surface area (Å²) in [5.74, 6) is -0.795. The number of benzene rings is 2. The van der Waals surface area contributed by atoms with Crippen LogP contribution in [0, 0.1) is 0 Å². The van der Waals surface area contributed by atoms with Gasteiger partial charge in [-0.25, -0.2) is 8.42 Å². The van der Waals surface area contributed by atoms with Gasteiger partial charge >= 0.3 is 0 Å². The molecule has 178 valence electrons. The van der Waals surface area contributed by atoms with Crippen LogP contribution in [0.25, 0.3) is 0 Å². The summed E-state index contributed by atoms with van der Waals surface area (Å²) in [6.45, 7) is 0.829. The number of ether oxygens (including phenoxy) is 1. The smallest absolute Gasteiger partial charge is 0.247 e. The van der Waals surface area contributed by atoms with E-state index in [1.165, 1.54) is 11.9 Å². The molecule has 2 amide bonds. The maximum atomic E-state index is 13.4. The molecule has 0 aliphatic carbocycles. The third-order valence-corrected chi connectivity index (χ3v) is 6.90. The van der Waals surface area contributed by atoms with Crippen molar-refractivity contribution in [1.82, 2.24) is 14.5 Å². The lowest BCUT2D eigenvalue weighted by Gasteiger charge is -2.33. The number of nitrogens with one attached hydrogen (secondary N) is 1. The normalized spacial score (nSPS) is 17.0. The van der Waals surface area contributed by atoms with Crippen molar-refractivity contribution in [2.75, 3.05) is 33.0 Å². The van der Waals surface area contributed by atoms with Crippen LogP contribution < -0.4 is 5.32 Å². The van der Waals surface area contributed by atoms with Gasteiger partial charge in [-0.3, -0.25) is 9.59 Å². The molecule has 0 spiro atoms. The van der Waals surface area contributed by atoms with E-state index in [2.05, 4.69) is 5.32 Å².